The molecule has 0 aliphatic rings. The molecule has 0 aromatic carbocycles. The molecule has 1 amide bonds. The van der Waals surface area contributed by atoms with Gasteiger partial charge in [0.25, 0.3) is 11.5 Å². The van der Waals surface area contributed by atoms with E-state index >= 15 is 0 Å². The molecule has 1 aromatic rings. The van der Waals surface area contributed by atoms with Crippen molar-refractivity contribution >= 4 is 5.91 Å². The first-order chi connectivity index (χ1) is 8.58. The lowest BCUT2D eigenvalue weighted by Crippen LogP contribution is -2.37. The van der Waals surface area contributed by atoms with Crippen molar-refractivity contribution in [1.29, 1.82) is 0 Å². The number of aliphatic hydroxyl groups is 1. The zero-order valence-corrected chi connectivity index (χ0v) is 10.4. The minimum Gasteiger partial charge on any atom is -0.394 e. The topological polar surface area (TPSA) is 93.5 Å². The van der Waals surface area contributed by atoms with Crippen LogP contribution >= 0.6 is 0 Å². The Morgan fingerprint density at radius 3 is 2.94 bits per heavy atom. The fraction of sp³-hybridized carbons (Fsp3) is 0.545. The van der Waals surface area contributed by atoms with Gasteiger partial charge in [-0.05, 0) is 13.0 Å². The van der Waals surface area contributed by atoms with Gasteiger partial charge in [0.05, 0.1) is 19.8 Å². The molecule has 7 nitrogen and oxygen atoms in total. The van der Waals surface area contributed by atoms with Gasteiger partial charge < -0.3 is 15.2 Å². The molecule has 0 aliphatic heterocycles. The van der Waals surface area contributed by atoms with Crippen LogP contribution in [0, 0.1) is 0 Å². The molecule has 0 saturated heterocycles. The van der Waals surface area contributed by atoms with Crippen LogP contribution in [0.4, 0.5) is 0 Å². The van der Waals surface area contributed by atoms with Crippen molar-refractivity contribution in [3.8, 4) is 0 Å². The van der Waals surface area contributed by atoms with Crippen LogP contribution in [0.15, 0.2) is 16.9 Å². The predicted octanol–water partition coefficient (Wildman–Crippen LogP) is -1.000. The number of carbonyl (C=O) groups excluding carboxylic acids is 1. The van der Waals surface area contributed by atoms with Crippen LogP contribution in [0.25, 0.3) is 0 Å². The molecule has 1 rings (SSSR count). The number of nitrogens with zero attached hydrogens (tertiary/aromatic N) is 2. The lowest BCUT2D eigenvalue weighted by Gasteiger charge is -2.11. The molecular weight excluding hydrogens is 238 g/mol. The summed E-state index contributed by atoms with van der Waals surface area (Å²) in [7, 11) is 1.52. The van der Waals surface area contributed by atoms with Crippen LogP contribution < -0.4 is 10.9 Å². The summed E-state index contributed by atoms with van der Waals surface area (Å²) in [6.45, 7) is 2.13. The molecule has 0 bridgehead atoms. The lowest BCUT2D eigenvalue weighted by atomic mass is 10.3. The first kappa shape index (κ1) is 14.3. The van der Waals surface area contributed by atoms with Gasteiger partial charge in [0.15, 0.2) is 0 Å². The van der Waals surface area contributed by atoms with Crippen molar-refractivity contribution in [2.24, 2.45) is 0 Å². The molecule has 1 heterocycles. The average Bonchev–Trinajstić information content (AvgIpc) is 2.37. The number of amides is 1. The van der Waals surface area contributed by atoms with Crippen molar-refractivity contribution in [2.45, 2.75) is 19.5 Å². The van der Waals surface area contributed by atoms with Crippen molar-refractivity contribution in [3.05, 3.63) is 28.2 Å². The van der Waals surface area contributed by atoms with E-state index in [4.69, 9.17) is 9.84 Å². The Morgan fingerprint density at radius 2 is 2.33 bits per heavy atom. The third-order valence-electron chi connectivity index (χ3n) is 2.26. The van der Waals surface area contributed by atoms with Crippen molar-refractivity contribution in [1.82, 2.24) is 15.1 Å². The second kappa shape index (κ2) is 6.87. The molecule has 0 aliphatic carbocycles. The van der Waals surface area contributed by atoms with E-state index in [1.807, 2.05) is 0 Å². The van der Waals surface area contributed by atoms with Crippen LogP contribution in [0.5, 0.6) is 0 Å². The summed E-state index contributed by atoms with van der Waals surface area (Å²) >= 11 is 0. The standard InChI is InChI=1S/C11H17N3O4/c1-8(7-15)12-11(17)9-3-4-10(16)14(13-9)5-6-18-2/h3-4,8,15H,5-7H2,1-2H3,(H,12,17). The molecule has 0 spiro atoms. The first-order valence-corrected chi connectivity index (χ1v) is 5.57. The van der Waals surface area contributed by atoms with Gasteiger partial charge in [-0.15, -0.1) is 0 Å². The molecule has 2 N–H and O–H groups in total. The largest absolute Gasteiger partial charge is 0.394 e. The number of aliphatic hydroxyl groups excluding tert-OH is 1. The summed E-state index contributed by atoms with van der Waals surface area (Å²) in [5.74, 6) is -0.428. The summed E-state index contributed by atoms with van der Waals surface area (Å²) in [5, 5.41) is 15.3. The fourth-order valence-corrected chi connectivity index (χ4v) is 1.25. The maximum atomic E-state index is 11.7. The van der Waals surface area contributed by atoms with Crippen molar-refractivity contribution < 1.29 is 14.6 Å². The van der Waals surface area contributed by atoms with E-state index < -0.39 is 5.91 Å². The summed E-state index contributed by atoms with van der Waals surface area (Å²) in [4.78, 5) is 23.2. The molecular formula is C11H17N3O4. The van der Waals surface area contributed by atoms with E-state index in [9.17, 15) is 9.59 Å². The third-order valence-corrected chi connectivity index (χ3v) is 2.26. The molecule has 0 saturated carbocycles. The van der Waals surface area contributed by atoms with Gasteiger partial charge in [0.2, 0.25) is 0 Å². The van der Waals surface area contributed by atoms with Crippen molar-refractivity contribution in [2.75, 3.05) is 20.3 Å². The number of carbonyl (C=O) groups is 1. The second-order valence-corrected chi connectivity index (χ2v) is 3.83. The lowest BCUT2D eigenvalue weighted by molar-refractivity contribution is 0.0913. The Bertz CT molecular complexity index is 458. The fourth-order valence-electron chi connectivity index (χ4n) is 1.25. The maximum absolute atomic E-state index is 11.7. The monoisotopic (exact) mass is 255 g/mol. The van der Waals surface area contributed by atoms with Crippen LogP contribution in [-0.4, -0.2) is 47.2 Å². The quantitative estimate of drug-likeness (QED) is 0.680. The van der Waals surface area contributed by atoms with Gasteiger partial charge >= 0.3 is 0 Å². The number of rotatable bonds is 6. The third kappa shape index (κ3) is 3.94. The highest BCUT2D eigenvalue weighted by atomic mass is 16.5. The summed E-state index contributed by atoms with van der Waals surface area (Å²) in [6, 6.07) is 2.27. The Morgan fingerprint density at radius 1 is 1.61 bits per heavy atom. The van der Waals surface area contributed by atoms with Gasteiger partial charge in [-0.25, -0.2) is 4.68 Å². The Labute approximate surface area is 104 Å². The highest BCUT2D eigenvalue weighted by molar-refractivity contribution is 5.92. The van der Waals surface area contributed by atoms with Crippen LogP contribution in [0.3, 0.4) is 0 Å². The SMILES string of the molecule is COCCn1nc(C(=O)NC(C)CO)ccc1=O. The predicted molar refractivity (Wildman–Crippen MR) is 64.4 cm³/mol. The number of hydrogen-bond acceptors (Lipinski definition) is 5. The molecule has 1 unspecified atom stereocenters. The van der Waals surface area contributed by atoms with Crippen LogP contribution in [0.1, 0.15) is 17.4 Å². The molecule has 100 valence electrons. The number of methoxy groups -OCH3 is 1. The molecule has 18 heavy (non-hydrogen) atoms. The Balaban J connectivity index is 2.83. The first-order valence-electron chi connectivity index (χ1n) is 5.57. The van der Waals surface area contributed by atoms with Crippen molar-refractivity contribution in [3.63, 3.8) is 0 Å². The molecule has 1 atom stereocenters. The number of hydrogen-bond donors (Lipinski definition) is 2. The van der Waals surface area contributed by atoms with E-state index in [0.29, 0.717) is 6.61 Å². The number of ether oxygens (including phenoxy) is 1. The molecule has 0 radical (unpaired) electrons. The van der Waals surface area contributed by atoms with Crippen LogP contribution in [-0.2, 0) is 11.3 Å². The zero-order chi connectivity index (χ0) is 13.5. The molecule has 0 fully saturated rings. The van der Waals surface area contributed by atoms with E-state index in [2.05, 4.69) is 10.4 Å². The highest BCUT2D eigenvalue weighted by Crippen LogP contribution is 1.92. The smallest absolute Gasteiger partial charge is 0.272 e. The summed E-state index contributed by atoms with van der Waals surface area (Å²) < 4.78 is 6.02. The molecule has 1 aromatic heterocycles. The summed E-state index contributed by atoms with van der Waals surface area (Å²) in [5.41, 5.74) is -0.162. The van der Waals surface area contributed by atoms with Gasteiger partial charge in [-0.1, -0.05) is 0 Å². The second-order valence-electron chi connectivity index (χ2n) is 3.83. The van der Waals surface area contributed by atoms with Gasteiger partial charge in [-0.2, -0.15) is 5.10 Å². The van der Waals surface area contributed by atoms with E-state index in [0.717, 1.165) is 0 Å². The Kier molecular flexibility index (Phi) is 5.47. The minimum atomic E-state index is -0.428. The Hall–Kier alpha value is -1.73. The van der Waals surface area contributed by atoms with Gasteiger partial charge in [-0.3, -0.25) is 9.59 Å². The average molecular weight is 255 g/mol. The van der Waals surface area contributed by atoms with Gasteiger partial charge in [0.1, 0.15) is 5.69 Å². The normalized spacial score (nSPS) is 12.2. The minimum absolute atomic E-state index is 0.131. The zero-order valence-electron chi connectivity index (χ0n) is 10.4. The highest BCUT2D eigenvalue weighted by Gasteiger charge is 2.11. The summed E-state index contributed by atoms with van der Waals surface area (Å²) in [6.07, 6.45) is 0. The van der Waals surface area contributed by atoms with E-state index in [-0.39, 0.29) is 30.4 Å². The number of aromatic nitrogens is 2. The van der Waals surface area contributed by atoms with E-state index in [1.165, 1.54) is 23.9 Å². The van der Waals surface area contributed by atoms with E-state index in [1.54, 1.807) is 6.92 Å². The molecule has 7 heteroatoms. The van der Waals surface area contributed by atoms with Crippen LogP contribution in [0.2, 0.25) is 0 Å². The number of nitrogens with one attached hydrogen (secondary N) is 1. The van der Waals surface area contributed by atoms with Gasteiger partial charge in [0, 0.05) is 19.2 Å². The maximum Gasteiger partial charge on any atom is 0.272 e.